The van der Waals surface area contributed by atoms with Crippen molar-refractivity contribution in [3.05, 3.63) is 158 Å². The fourth-order valence-corrected chi connectivity index (χ4v) is 8.62. The van der Waals surface area contributed by atoms with Crippen LogP contribution in [-0.2, 0) is 28.6 Å². The predicted molar refractivity (Wildman–Crippen MR) is 352 cm³/mol. The van der Waals surface area contributed by atoms with Gasteiger partial charge in [0, 0.05) is 19.3 Å². The molecule has 456 valence electrons. The zero-order chi connectivity index (χ0) is 58.5. The Kier molecular flexibility index (Phi) is 63.4. The van der Waals surface area contributed by atoms with Gasteiger partial charge in [0.2, 0.25) is 0 Å². The fourth-order valence-electron chi connectivity index (χ4n) is 8.62. The summed E-state index contributed by atoms with van der Waals surface area (Å²) in [6, 6.07) is 0. The predicted octanol–water partition coefficient (Wildman–Crippen LogP) is 22.9. The third-order valence-corrected chi connectivity index (χ3v) is 13.5. The number of rotatable bonds is 58. The highest BCUT2D eigenvalue weighted by Crippen LogP contribution is 2.15. The van der Waals surface area contributed by atoms with Crippen LogP contribution in [0.25, 0.3) is 0 Å². The van der Waals surface area contributed by atoms with Crippen LogP contribution in [0, 0.1) is 0 Å². The van der Waals surface area contributed by atoms with Crippen molar-refractivity contribution in [3.8, 4) is 0 Å². The molecule has 0 amide bonds. The van der Waals surface area contributed by atoms with Crippen molar-refractivity contribution in [2.45, 2.75) is 284 Å². The van der Waals surface area contributed by atoms with Gasteiger partial charge in [0.25, 0.3) is 0 Å². The number of hydrogen-bond donors (Lipinski definition) is 0. The summed E-state index contributed by atoms with van der Waals surface area (Å²) in [4.78, 5) is 38.4. The van der Waals surface area contributed by atoms with Crippen LogP contribution in [0.1, 0.15) is 278 Å². The molecule has 0 saturated heterocycles. The van der Waals surface area contributed by atoms with Crippen molar-refractivity contribution in [2.24, 2.45) is 0 Å². The summed E-state index contributed by atoms with van der Waals surface area (Å²) in [6.45, 7) is 6.36. The van der Waals surface area contributed by atoms with E-state index in [4.69, 9.17) is 14.2 Å². The number of unbranched alkanes of at least 4 members (excludes halogenated alkanes) is 21. The SMILES string of the molecule is CC/C=C\C/C=C\C/C=C\C/C=C\C/C=C\C/C=C\C/C=C\CCCCCCCC(=O)OCC(COC(=O)CCCCCCC/C=C\C/C=C\CCCCC)OC(=O)CCCCCCCCCC/C=C\C/C=C\C/C=C\C/C=C\CC. The molecule has 0 N–H and O–H groups in total. The van der Waals surface area contributed by atoms with E-state index in [1.807, 2.05) is 0 Å². The molecule has 0 aliphatic heterocycles. The highest BCUT2D eigenvalue weighted by Gasteiger charge is 2.19. The van der Waals surface area contributed by atoms with Crippen molar-refractivity contribution in [2.75, 3.05) is 13.2 Å². The summed E-state index contributed by atoms with van der Waals surface area (Å²) < 4.78 is 16.9. The number of allylic oxidation sites excluding steroid dienone is 26. The van der Waals surface area contributed by atoms with E-state index < -0.39 is 6.10 Å². The molecule has 0 bridgehead atoms. The van der Waals surface area contributed by atoms with Gasteiger partial charge in [0.1, 0.15) is 13.2 Å². The number of carbonyl (C=O) groups is 3. The minimum atomic E-state index is -0.806. The van der Waals surface area contributed by atoms with Gasteiger partial charge in [-0.15, -0.1) is 0 Å². The maximum Gasteiger partial charge on any atom is 0.306 e. The zero-order valence-corrected chi connectivity index (χ0v) is 52.2. The molecule has 0 aromatic carbocycles. The lowest BCUT2D eigenvalue weighted by molar-refractivity contribution is -0.167. The molecule has 81 heavy (non-hydrogen) atoms. The van der Waals surface area contributed by atoms with E-state index in [0.717, 1.165) is 180 Å². The molecule has 0 radical (unpaired) electrons. The Labute approximate surface area is 499 Å². The molecule has 6 nitrogen and oxygen atoms in total. The number of ether oxygens (including phenoxy) is 3. The molecule has 0 aromatic rings. The van der Waals surface area contributed by atoms with Gasteiger partial charge in [-0.3, -0.25) is 14.4 Å². The van der Waals surface area contributed by atoms with E-state index in [-0.39, 0.29) is 31.1 Å². The van der Waals surface area contributed by atoms with Crippen molar-refractivity contribution in [1.82, 2.24) is 0 Å². The molecule has 0 rings (SSSR count). The van der Waals surface area contributed by atoms with E-state index >= 15 is 0 Å². The summed E-state index contributed by atoms with van der Waals surface area (Å²) in [6.07, 6.45) is 98.1. The molecule has 1 unspecified atom stereocenters. The van der Waals surface area contributed by atoms with Crippen molar-refractivity contribution >= 4 is 17.9 Å². The molecular formula is C75H120O6. The smallest absolute Gasteiger partial charge is 0.306 e. The monoisotopic (exact) mass is 1120 g/mol. The normalized spacial score (nSPS) is 13.2. The summed E-state index contributed by atoms with van der Waals surface area (Å²) >= 11 is 0. The first-order valence-corrected chi connectivity index (χ1v) is 33.0. The largest absolute Gasteiger partial charge is 0.462 e. The summed E-state index contributed by atoms with van der Waals surface area (Å²) in [5.41, 5.74) is 0. The minimum absolute atomic E-state index is 0.101. The van der Waals surface area contributed by atoms with Gasteiger partial charge in [0.15, 0.2) is 6.10 Å². The molecule has 0 saturated carbocycles. The third kappa shape index (κ3) is 65.7. The van der Waals surface area contributed by atoms with Crippen LogP contribution >= 0.6 is 0 Å². The van der Waals surface area contributed by atoms with E-state index in [1.165, 1.54) is 57.8 Å². The first kappa shape index (κ1) is 76.0. The average molecular weight is 1120 g/mol. The second-order valence-electron chi connectivity index (χ2n) is 21.3. The average Bonchev–Trinajstić information content (AvgIpc) is 3.47. The highest BCUT2D eigenvalue weighted by molar-refractivity contribution is 5.71. The van der Waals surface area contributed by atoms with Gasteiger partial charge in [0.05, 0.1) is 0 Å². The quantitative estimate of drug-likeness (QED) is 0.0261. The molecule has 0 spiro atoms. The van der Waals surface area contributed by atoms with Crippen molar-refractivity contribution < 1.29 is 28.6 Å². The lowest BCUT2D eigenvalue weighted by Crippen LogP contribution is -2.30. The maximum atomic E-state index is 12.9. The molecule has 1 atom stereocenters. The number of carbonyl (C=O) groups excluding carboxylic acids is 3. The molecule has 6 heteroatoms. The van der Waals surface area contributed by atoms with E-state index in [0.29, 0.717) is 19.3 Å². The molecule has 0 heterocycles. The molecule has 0 fully saturated rings. The van der Waals surface area contributed by atoms with Crippen LogP contribution in [0.2, 0.25) is 0 Å². The Morgan fingerprint density at radius 3 is 0.753 bits per heavy atom. The lowest BCUT2D eigenvalue weighted by Gasteiger charge is -2.18. The van der Waals surface area contributed by atoms with Gasteiger partial charge in [-0.2, -0.15) is 0 Å². The standard InChI is InChI=1S/C75H120O6/c1-4-7-10-13-16-19-22-25-28-30-32-34-35-36-37-38-39-41-42-44-47-50-53-56-59-62-65-68-74(77)80-71-72(70-79-73(76)67-64-61-58-55-52-49-46-27-24-21-18-15-12-9-6-3)81-75(78)69-66-63-60-57-54-51-48-45-43-40-33-31-29-26-23-20-17-14-11-8-5-2/h7-8,10-11,16-21,25-29,32-34,36-37,39-41,44,46-47,72H,4-6,9,12-15,22-24,30-31,35,38,42-43,45,48-71H2,1-3H3/b10-7-,11-8-,19-16-,20-17-,21-18-,28-25-,29-26-,34-32-,37-36-,40-33-,41-39-,46-27-,47-44-. The molecular weight excluding hydrogens is 997 g/mol. The molecule has 0 aromatic heterocycles. The van der Waals surface area contributed by atoms with E-state index in [1.54, 1.807) is 0 Å². The molecule has 0 aliphatic rings. The first-order valence-electron chi connectivity index (χ1n) is 33.0. The number of esters is 3. The lowest BCUT2D eigenvalue weighted by atomic mass is 10.1. The molecule has 0 aliphatic carbocycles. The highest BCUT2D eigenvalue weighted by atomic mass is 16.6. The topological polar surface area (TPSA) is 78.9 Å². The van der Waals surface area contributed by atoms with Crippen LogP contribution in [-0.4, -0.2) is 37.2 Å². The second-order valence-corrected chi connectivity index (χ2v) is 21.3. The van der Waals surface area contributed by atoms with Gasteiger partial charge in [-0.05, 0) is 148 Å². The Morgan fingerprint density at radius 2 is 0.481 bits per heavy atom. The van der Waals surface area contributed by atoms with Crippen LogP contribution in [0.4, 0.5) is 0 Å². The minimum Gasteiger partial charge on any atom is -0.462 e. The maximum absolute atomic E-state index is 12.9. The van der Waals surface area contributed by atoms with Crippen LogP contribution in [0.3, 0.4) is 0 Å². The summed E-state index contributed by atoms with van der Waals surface area (Å²) in [5.74, 6) is -0.942. The van der Waals surface area contributed by atoms with E-state index in [9.17, 15) is 14.4 Å². The van der Waals surface area contributed by atoms with Gasteiger partial charge < -0.3 is 14.2 Å². The Morgan fingerprint density at radius 1 is 0.259 bits per heavy atom. The fraction of sp³-hybridized carbons (Fsp3) is 0.613. The van der Waals surface area contributed by atoms with E-state index in [2.05, 4.69) is 179 Å². The van der Waals surface area contributed by atoms with Crippen LogP contribution in [0.15, 0.2) is 158 Å². The summed E-state index contributed by atoms with van der Waals surface area (Å²) in [5, 5.41) is 0. The Balaban J connectivity index is 4.46. The second kappa shape index (κ2) is 67.5. The summed E-state index contributed by atoms with van der Waals surface area (Å²) in [7, 11) is 0. The van der Waals surface area contributed by atoms with Crippen LogP contribution in [0.5, 0.6) is 0 Å². The van der Waals surface area contributed by atoms with Gasteiger partial charge >= 0.3 is 17.9 Å². The Hall–Kier alpha value is -4.97. The third-order valence-electron chi connectivity index (χ3n) is 13.5. The van der Waals surface area contributed by atoms with Gasteiger partial charge in [-0.1, -0.05) is 269 Å². The van der Waals surface area contributed by atoms with Crippen molar-refractivity contribution in [1.29, 1.82) is 0 Å². The van der Waals surface area contributed by atoms with Gasteiger partial charge in [-0.25, -0.2) is 0 Å². The number of hydrogen-bond acceptors (Lipinski definition) is 6. The van der Waals surface area contributed by atoms with Crippen LogP contribution < -0.4 is 0 Å². The first-order chi connectivity index (χ1) is 40.0. The van der Waals surface area contributed by atoms with Crippen molar-refractivity contribution in [3.63, 3.8) is 0 Å². The Bertz CT molecular complexity index is 1810. The zero-order valence-electron chi connectivity index (χ0n) is 52.2.